The van der Waals surface area contributed by atoms with Crippen molar-refractivity contribution in [3.05, 3.63) is 48.0 Å². The van der Waals surface area contributed by atoms with E-state index in [4.69, 9.17) is 15.2 Å². The summed E-state index contributed by atoms with van der Waals surface area (Å²) in [6.45, 7) is 0. The van der Waals surface area contributed by atoms with Crippen LogP contribution in [0, 0.1) is 0 Å². The number of carbonyl (C=O) groups is 1. The Morgan fingerprint density at radius 2 is 1.75 bits per heavy atom. The average molecular weight is 272 g/mol. The molecule has 0 bridgehead atoms. The zero-order chi connectivity index (χ0) is 14.5. The number of rotatable bonds is 4. The van der Waals surface area contributed by atoms with Crippen molar-refractivity contribution in [2.75, 3.05) is 25.3 Å². The number of methoxy groups -OCH3 is 2. The van der Waals surface area contributed by atoms with Crippen molar-refractivity contribution in [1.29, 1.82) is 0 Å². The Kier molecular flexibility index (Phi) is 4.10. The van der Waals surface area contributed by atoms with Gasteiger partial charge in [0, 0.05) is 11.4 Å². The number of ether oxygens (including phenoxy) is 2. The first-order valence-electron chi connectivity index (χ1n) is 6.03. The van der Waals surface area contributed by atoms with Crippen LogP contribution in [-0.2, 0) is 0 Å². The summed E-state index contributed by atoms with van der Waals surface area (Å²) in [7, 11) is 3.10. The van der Waals surface area contributed by atoms with Crippen molar-refractivity contribution >= 4 is 17.3 Å². The van der Waals surface area contributed by atoms with Gasteiger partial charge in [0.15, 0.2) is 0 Å². The molecule has 5 nitrogen and oxygen atoms in total. The molecule has 0 aliphatic heterocycles. The van der Waals surface area contributed by atoms with Crippen molar-refractivity contribution in [2.45, 2.75) is 0 Å². The van der Waals surface area contributed by atoms with E-state index < -0.39 is 0 Å². The predicted octanol–water partition coefficient (Wildman–Crippen LogP) is 2.54. The van der Waals surface area contributed by atoms with E-state index in [2.05, 4.69) is 5.32 Å². The van der Waals surface area contributed by atoms with Gasteiger partial charge in [-0.3, -0.25) is 4.79 Å². The SMILES string of the molecule is COc1ccc(NC(=O)c2cc(N)ccc2OC)cc1. The predicted molar refractivity (Wildman–Crippen MR) is 78.4 cm³/mol. The molecule has 0 aliphatic carbocycles. The lowest BCUT2D eigenvalue weighted by Crippen LogP contribution is -2.13. The Balaban J connectivity index is 2.20. The molecule has 2 aromatic carbocycles. The fourth-order valence-electron chi connectivity index (χ4n) is 1.78. The minimum absolute atomic E-state index is 0.278. The van der Waals surface area contributed by atoms with Gasteiger partial charge in [0.05, 0.1) is 19.8 Å². The van der Waals surface area contributed by atoms with Crippen LogP contribution in [-0.4, -0.2) is 20.1 Å². The number of nitrogens with two attached hydrogens (primary N) is 1. The first kappa shape index (κ1) is 13.7. The molecule has 0 saturated carbocycles. The van der Waals surface area contributed by atoms with Gasteiger partial charge in [0.2, 0.25) is 0 Å². The molecule has 0 aromatic heterocycles. The number of nitrogen functional groups attached to an aromatic ring is 1. The number of amides is 1. The largest absolute Gasteiger partial charge is 0.497 e. The standard InChI is InChI=1S/C15H16N2O3/c1-19-12-6-4-11(5-7-12)17-15(18)13-9-10(16)3-8-14(13)20-2/h3-9H,16H2,1-2H3,(H,17,18). The number of hydrogen-bond donors (Lipinski definition) is 2. The third-order valence-electron chi connectivity index (χ3n) is 2.82. The highest BCUT2D eigenvalue weighted by atomic mass is 16.5. The molecule has 0 heterocycles. The molecule has 0 fully saturated rings. The van der Waals surface area contributed by atoms with E-state index in [1.165, 1.54) is 7.11 Å². The lowest BCUT2D eigenvalue weighted by atomic mass is 10.1. The van der Waals surface area contributed by atoms with Gasteiger partial charge in [0.25, 0.3) is 5.91 Å². The van der Waals surface area contributed by atoms with Crippen LogP contribution in [0.15, 0.2) is 42.5 Å². The minimum atomic E-state index is -0.278. The van der Waals surface area contributed by atoms with Crippen molar-refractivity contribution in [3.8, 4) is 11.5 Å². The van der Waals surface area contributed by atoms with Crippen LogP contribution < -0.4 is 20.5 Å². The fourth-order valence-corrected chi connectivity index (χ4v) is 1.78. The highest BCUT2D eigenvalue weighted by Crippen LogP contribution is 2.23. The maximum absolute atomic E-state index is 12.2. The molecule has 0 saturated heterocycles. The van der Waals surface area contributed by atoms with Gasteiger partial charge in [-0.2, -0.15) is 0 Å². The lowest BCUT2D eigenvalue weighted by Gasteiger charge is -2.10. The van der Waals surface area contributed by atoms with Crippen LogP contribution >= 0.6 is 0 Å². The molecule has 0 radical (unpaired) electrons. The summed E-state index contributed by atoms with van der Waals surface area (Å²) in [5.74, 6) is 0.925. The van der Waals surface area contributed by atoms with E-state index in [9.17, 15) is 4.79 Å². The van der Waals surface area contributed by atoms with Gasteiger partial charge in [-0.25, -0.2) is 0 Å². The smallest absolute Gasteiger partial charge is 0.259 e. The average Bonchev–Trinajstić information content (AvgIpc) is 2.48. The highest BCUT2D eigenvalue weighted by molar-refractivity contribution is 6.06. The van der Waals surface area contributed by atoms with Crippen LogP contribution in [0.2, 0.25) is 0 Å². The summed E-state index contributed by atoms with van der Waals surface area (Å²) >= 11 is 0. The fraction of sp³-hybridized carbons (Fsp3) is 0.133. The van der Waals surface area contributed by atoms with Crippen molar-refractivity contribution in [2.24, 2.45) is 0 Å². The van der Waals surface area contributed by atoms with E-state index in [-0.39, 0.29) is 5.91 Å². The summed E-state index contributed by atoms with van der Waals surface area (Å²) < 4.78 is 10.2. The topological polar surface area (TPSA) is 73.6 Å². The molecule has 0 atom stereocenters. The maximum Gasteiger partial charge on any atom is 0.259 e. The van der Waals surface area contributed by atoms with Crippen LogP contribution in [0.1, 0.15) is 10.4 Å². The second-order valence-electron chi connectivity index (χ2n) is 4.14. The van der Waals surface area contributed by atoms with E-state index in [0.717, 1.165) is 5.75 Å². The van der Waals surface area contributed by atoms with Gasteiger partial charge in [0.1, 0.15) is 11.5 Å². The maximum atomic E-state index is 12.2. The van der Waals surface area contributed by atoms with Gasteiger partial charge in [-0.05, 0) is 42.5 Å². The van der Waals surface area contributed by atoms with Gasteiger partial charge in [-0.15, -0.1) is 0 Å². The summed E-state index contributed by atoms with van der Waals surface area (Å²) in [5.41, 5.74) is 7.26. The summed E-state index contributed by atoms with van der Waals surface area (Å²) in [5, 5.41) is 2.78. The number of nitrogens with one attached hydrogen (secondary N) is 1. The van der Waals surface area contributed by atoms with Gasteiger partial charge < -0.3 is 20.5 Å². The molecule has 2 rings (SSSR count). The molecule has 0 aliphatic rings. The van der Waals surface area contributed by atoms with Gasteiger partial charge in [-0.1, -0.05) is 0 Å². The number of anilines is 2. The molecule has 20 heavy (non-hydrogen) atoms. The van der Waals surface area contributed by atoms with Crippen molar-refractivity contribution in [1.82, 2.24) is 0 Å². The van der Waals surface area contributed by atoms with E-state index >= 15 is 0 Å². The monoisotopic (exact) mass is 272 g/mol. The third-order valence-corrected chi connectivity index (χ3v) is 2.82. The zero-order valence-electron chi connectivity index (χ0n) is 11.3. The zero-order valence-corrected chi connectivity index (χ0v) is 11.3. The van der Waals surface area contributed by atoms with Crippen molar-refractivity contribution < 1.29 is 14.3 Å². The number of benzene rings is 2. The molecule has 5 heteroatoms. The van der Waals surface area contributed by atoms with Crippen LogP contribution in [0.25, 0.3) is 0 Å². The van der Waals surface area contributed by atoms with Crippen LogP contribution in [0.5, 0.6) is 11.5 Å². The lowest BCUT2D eigenvalue weighted by molar-refractivity contribution is 0.102. The van der Waals surface area contributed by atoms with Gasteiger partial charge >= 0.3 is 0 Å². The molecular formula is C15H16N2O3. The second-order valence-corrected chi connectivity index (χ2v) is 4.14. The Morgan fingerprint density at radius 1 is 1.05 bits per heavy atom. The first-order chi connectivity index (χ1) is 9.63. The molecule has 0 spiro atoms. The summed E-state index contributed by atoms with van der Waals surface area (Å²) in [4.78, 5) is 12.2. The Hall–Kier alpha value is -2.69. The van der Waals surface area contributed by atoms with E-state index in [1.807, 2.05) is 0 Å². The quantitative estimate of drug-likeness (QED) is 0.839. The normalized spacial score (nSPS) is 9.90. The molecular weight excluding hydrogens is 256 g/mol. The molecule has 1 amide bonds. The second kappa shape index (κ2) is 5.97. The minimum Gasteiger partial charge on any atom is -0.497 e. The summed E-state index contributed by atoms with van der Waals surface area (Å²) in [6, 6.07) is 12.0. The van der Waals surface area contributed by atoms with E-state index in [1.54, 1.807) is 49.6 Å². The number of hydrogen-bond acceptors (Lipinski definition) is 4. The summed E-state index contributed by atoms with van der Waals surface area (Å²) in [6.07, 6.45) is 0. The first-order valence-corrected chi connectivity index (χ1v) is 6.03. The molecule has 2 aromatic rings. The van der Waals surface area contributed by atoms with E-state index in [0.29, 0.717) is 22.7 Å². The van der Waals surface area contributed by atoms with Crippen LogP contribution in [0.3, 0.4) is 0 Å². The Labute approximate surface area is 117 Å². The third kappa shape index (κ3) is 3.00. The highest BCUT2D eigenvalue weighted by Gasteiger charge is 2.12. The molecule has 3 N–H and O–H groups in total. The Bertz CT molecular complexity index is 609. The molecule has 104 valence electrons. The van der Waals surface area contributed by atoms with Crippen molar-refractivity contribution in [3.63, 3.8) is 0 Å². The number of carbonyl (C=O) groups excluding carboxylic acids is 1. The molecule has 0 unspecified atom stereocenters. The van der Waals surface area contributed by atoms with Crippen LogP contribution in [0.4, 0.5) is 11.4 Å². The Morgan fingerprint density at radius 3 is 2.35 bits per heavy atom.